The standard InChI is InChI=1S/C12H19NSi/c1-13(2)14-12-7-8-6-11(12)10-5-3-4-9(8)10/h3,5,8-12H,4,6-7H2,1-2H3. The van der Waals surface area contributed by atoms with Crippen molar-refractivity contribution in [3.63, 3.8) is 0 Å². The van der Waals surface area contributed by atoms with Gasteiger partial charge in [-0.05, 0) is 62.6 Å². The highest BCUT2D eigenvalue weighted by molar-refractivity contribution is 6.34. The van der Waals surface area contributed by atoms with Crippen LogP contribution in [0.4, 0.5) is 0 Å². The first-order chi connectivity index (χ1) is 6.75. The van der Waals surface area contributed by atoms with Crippen LogP contribution in [0, 0.1) is 23.7 Å². The lowest BCUT2D eigenvalue weighted by atomic mass is 9.81. The van der Waals surface area contributed by atoms with E-state index in [9.17, 15) is 0 Å². The molecule has 0 aromatic carbocycles. The lowest BCUT2D eigenvalue weighted by molar-refractivity contribution is 0.281. The Labute approximate surface area is 89.5 Å². The molecule has 0 saturated heterocycles. The zero-order valence-corrected chi connectivity index (χ0v) is 10.1. The van der Waals surface area contributed by atoms with Crippen molar-refractivity contribution < 1.29 is 0 Å². The third kappa shape index (κ3) is 1.23. The fraction of sp³-hybridized carbons (Fsp3) is 0.833. The molecule has 3 aliphatic carbocycles. The average molecular weight is 205 g/mol. The summed E-state index contributed by atoms with van der Waals surface area (Å²) >= 11 is 0. The van der Waals surface area contributed by atoms with Gasteiger partial charge in [-0.3, -0.25) is 0 Å². The zero-order valence-electron chi connectivity index (χ0n) is 9.11. The Kier molecular flexibility index (Phi) is 2.10. The predicted molar refractivity (Wildman–Crippen MR) is 60.1 cm³/mol. The highest BCUT2D eigenvalue weighted by atomic mass is 28.2. The first kappa shape index (κ1) is 9.17. The van der Waals surface area contributed by atoms with E-state index in [1.54, 1.807) is 6.42 Å². The van der Waals surface area contributed by atoms with Gasteiger partial charge in [-0.2, -0.15) is 0 Å². The molecule has 0 amide bonds. The van der Waals surface area contributed by atoms with E-state index in [1.807, 2.05) is 0 Å². The van der Waals surface area contributed by atoms with E-state index in [0.717, 1.165) is 38.9 Å². The van der Waals surface area contributed by atoms with Crippen molar-refractivity contribution in [3.8, 4) is 0 Å². The van der Waals surface area contributed by atoms with Crippen LogP contribution in [0.5, 0.6) is 0 Å². The van der Waals surface area contributed by atoms with Crippen molar-refractivity contribution >= 4 is 9.68 Å². The van der Waals surface area contributed by atoms with E-state index < -0.39 is 0 Å². The fourth-order valence-corrected chi connectivity index (χ4v) is 5.65. The predicted octanol–water partition coefficient (Wildman–Crippen LogP) is 2.19. The summed E-state index contributed by atoms with van der Waals surface area (Å²) in [5, 5.41) is 0. The summed E-state index contributed by atoms with van der Waals surface area (Å²) in [6.07, 6.45) is 9.44. The van der Waals surface area contributed by atoms with Crippen molar-refractivity contribution in [1.29, 1.82) is 0 Å². The first-order valence-electron chi connectivity index (χ1n) is 5.86. The molecule has 2 radical (unpaired) electrons. The number of rotatable bonds is 2. The lowest BCUT2D eigenvalue weighted by Gasteiger charge is -2.31. The van der Waals surface area contributed by atoms with Crippen LogP contribution in [0.3, 0.4) is 0 Å². The van der Waals surface area contributed by atoms with Crippen molar-refractivity contribution in [3.05, 3.63) is 12.2 Å². The Morgan fingerprint density at radius 3 is 2.86 bits per heavy atom. The molecule has 14 heavy (non-hydrogen) atoms. The molecule has 3 aliphatic rings. The van der Waals surface area contributed by atoms with Gasteiger partial charge in [-0.15, -0.1) is 0 Å². The quantitative estimate of drug-likeness (QED) is 0.493. The van der Waals surface area contributed by atoms with Crippen LogP contribution in [0.15, 0.2) is 12.2 Å². The van der Waals surface area contributed by atoms with Gasteiger partial charge in [0.15, 0.2) is 0 Å². The van der Waals surface area contributed by atoms with Gasteiger partial charge in [0.2, 0.25) is 0 Å². The fourth-order valence-electron chi connectivity index (χ4n) is 4.03. The number of fused-ring (bicyclic) bond motifs is 5. The van der Waals surface area contributed by atoms with Crippen LogP contribution >= 0.6 is 0 Å². The molecule has 0 heterocycles. The van der Waals surface area contributed by atoms with Crippen LogP contribution < -0.4 is 0 Å². The SMILES string of the molecule is CN(C)[Si]C1CC2CC1C1C=CCC21. The molecule has 0 aromatic heterocycles. The number of allylic oxidation sites excluding steroid dienone is 2. The highest BCUT2D eigenvalue weighted by Crippen LogP contribution is 2.60. The Balaban J connectivity index is 1.73. The second kappa shape index (κ2) is 3.21. The third-order valence-corrected chi connectivity index (χ3v) is 5.95. The minimum absolute atomic E-state index is 0.978. The highest BCUT2D eigenvalue weighted by Gasteiger charge is 2.52. The minimum Gasteiger partial charge on any atom is -0.331 e. The van der Waals surface area contributed by atoms with Gasteiger partial charge < -0.3 is 4.57 Å². The molecule has 0 spiro atoms. The van der Waals surface area contributed by atoms with Crippen LogP contribution in [0.1, 0.15) is 19.3 Å². The van der Waals surface area contributed by atoms with Crippen LogP contribution in [0.25, 0.3) is 0 Å². The monoisotopic (exact) mass is 205 g/mol. The van der Waals surface area contributed by atoms with E-state index in [0.29, 0.717) is 0 Å². The Morgan fingerprint density at radius 2 is 2.07 bits per heavy atom. The van der Waals surface area contributed by atoms with Gasteiger partial charge in [0.25, 0.3) is 0 Å². The third-order valence-electron chi connectivity index (χ3n) is 4.43. The molecule has 2 fully saturated rings. The topological polar surface area (TPSA) is 3.24 Å². The smallest absolute Gasteiger partial charge is 0.145 e. The largest absolute Gasteiger partial charge is 0.331 e. The van der Waals surface area contributed by atoms with E-state index in [2.05, 4.69) is 30.8 Å². The second-order valence-corrected chi connectivity index (χ2v) is 7.32. The molecule has 2 heteroatoms. The maximum Gasteiger partial charge on any atom is 0.145 e. The summed E-state index contributed by atoms with van der Waals surface area (Å²) in [5.41, 5.74) is 1.03. The number of hydrogen-bond acceptors (Lipinski definition) is 1. The van der Waals surface area contributed by atoms with E-state index in [4.69, 9.17) is 0 Å². The summed E-state index contributed by atoms with van der Waals surface area (Å²) in [7, 11) is 5.52. The zero-order chi connectivity index (χ0) is 9.71. The summed E-state index contributed by atoms with van der Waals surface area (Å²) in [6.45, 7) is 0. The van der Waals surface area contributed by atoms with E-state index in [1.165, 1.54) is 12.8 Å². The Morgan fingerprint density at radius 1 is 1.21 bits per heavy atom. The second-order valence-electron chi connectivity index (χ2n) is 5.43. The van der Waals surface area contributed by atoms with Crippen molar-refractivity contribution in [2.24, 2.45) is 23.7 Å². The van der Waals surface area contributed by atoms with Gasteiger partial charge in [0.1, 0.15) is 9.68 Å². The van der Waals surface area contributed by atoms with Gasteiger partial charge in [0.05, 0.1) is 0 Å². The Bertz CT molecular complexity index is 261. The minimum atomic E-state index is 0.978. The van der Waals surface area contributed by atoms with E-state index >= 15 is 0 Å². The number of hydrogen-bond donors (Lipinski definition) is 0. The van der Waals surface area contributed by atoms with Crippen molar-refractivity contribution in [2.45, 2.75) is 24.8 Å². The normalized spacial score (nSPS) is 49.2. The van der Waals surface area contributed by atoms with E-state index in [-0.39, 0.29) is 0 Å². The molecule has 1 nitrogen and oxygen atoms in total. The summed E-state index contributed by atoms with van der Waals surface area (Å²) in [4.78, 5) is 0. The summed E-state index contributed by atoms with van der Waals surface area (Å²) in [5.74, 6) is 4.16. The molecular formula is C12H19NSi. The first-order valence-corrected chi connectivity index (χ1v) is 6.88. The molecule has 5 atom stereocenters. The van der Waals surface area contributed by atoms with Crippen LogP contribution in [-0.4, -0.2) is 28.3 Å². The molecule has 2 saturated carbocycles. The summed E-state index contributed by atoms with van der Waals surface area (Å²) < 4.78 is 2.40. The maximum absolute atomic E-state index is 2.53. The molecular weight excluding hydrogens is 186 g/mol. The van der Waals surface area contributed by atoms with Gasteiger partial charge in [0, 0.05) is 0 Å². The van der Waals surface area contributed by atoms with Crippen molar-refractivity contribution in [2.75, 3.05) is 14.1 Å². The molecule has 3 rings (SSSR count). The molecule has 2 bridgehead atoms. The molecule has 76 valence electrons. The van der Waals surface area contributed by atoms with Gasteiger partial charge in [-0.1, -0.05) is 12.2 Å². The van der Waals surface area contributed by atoms with Crippen LogP contribution in [-0.2, 0) is 0 Å². The molecule has 0 aromatic rings. The molecule has 5 unspecified atom stereocenters. The molecule has 0 N–H and O–H groups in total. The molecule has 0 aliphatic heterocycles. The average Bonchev–Trinajstić information content (AvgIpc) is 2.68. The van der Waals surface area contributed by atoms with Crippen molar-refractivity contribution in [1.82, 2.24) is 4.57 Å². The lowest BCUT2D eigenvalue weighted by Crippen LogP contribution is -2.30. The summed E-state index contributed by atoms with van der Waals surface area (Å²) in [6, 6.07) is 0. The van der Waals surface area contributed by atoms with Crippen LogP contribution in [0.2, 0.25) is 5.54 Å². The van der Waals surface area contributed by atoms with Gasteiger partial charge in [-0.25, -0.2) is 0 Å². The number of nitrogens with zero attached hydrogens (tertiary/aromatic N) is 1. The van der Waals surface area contributed by atoms with Gasteiger partial charge >= 0.3 is 0 Å². The maximum atomic E-state index is 2.53. The Hall–Kier alpha value is -0.0831.